The zero-order valence-corrected chi connectivity index (χ0v) is 11.3. The van der Waals surface area contributed by atoms with Gasteiger partial charge in [-0.3, -0.25) is 4.79 Å². The first-order valence-corrected chi connectivity index (χ1v) is 6.11. The van der Waals surface area contributed by atoms with Gasteiger partial charge in [0, 0.05) is 12.6 Å². The standard InChI is InChI=1S/C13H17FN2O4/c1-8(2)20-11-7-9(14)3-4-10(11)16-13(19)15-6-5-12(17)18/h3-4,7-8H,5-6H2,1-2H3,(H,17,18)(H2,15,16,19). The average molecular weight is 284 g/mol. The zero-order chi connectivity index (χ0) is 15.1. The number of hydrogen-bond donors (Lipinski definition) is 3. The van der Waals surface area contributed by atoms with Crippen LogP contribution in [0.5, 0.6) is 5.75 Å². The Morgan fingerprint density at radius 2 is 2.10 bits per heavy atom. The van der Waals surface area contributed by atoms with Gasteiger partial charge in [-0.05, 0) is 26.0 Å². The lowest BCUT2D eigenvalue weighted by Gasteiger charge is -2.15. The van der Waals surface area contributed by atoms with E-state index < -0.39 is 17.8 Å². The van der Waals surface area contributed by atoms with Gasteiger partial charge >= 0.3 is 12.0 Å². The normalized spacial score (nSPS) is 10.2. The van der Waals surface area contributed by atoms with E-state index >= 15 is 0 Å². The van der Waals surface area contributed by atoms with Gasteiger partial charge < -0.3 is 20.5 Å². The minimum Gasteiger partial charge on any atom is -0.489 e. The van der Waals surface area contributed by atoms with E-state index in [9.17, 15) is 14.0 Å². The van der Waals surface area contributed by atoms with Gasteiger partial charge in [-0.25, -0.2) is 9.18 Å². The molecular weight excluding hydrogens is 267 g/mol. The van der Waals surface area contributed by atoms with Crippen molar-refractivity contribution in [2.45, 2.75) is 26.4 Å². The highest BCUT2D eigenvalue weighted by molar-refractivity contribution is 5.91. The third-order valence-electron chi connectivity index (χ3n) is 2.18. The summed E-state index contributed by atoms with van der Waals surface area (Å²) >= 11 is 0. The summed E-state index contributed by atoms with van der Waals surface area (Å²) in [4.78, 5) is 21.9. The predicted octanol–water partition coefficient (Wildman–Crippen LogP) is 2.21. The lowest BCUT2D eigenvalue weighted by atomic mass is 10.2. The van der Waals surface area contributed by atoms with E-state index in [-0.39, 0.29) is 24.8 Å². The van der Waals surface area contributed by atoms with E-state index in [4.69, 9.17) is 9.84 Å². The SMILES string of the molecule is CC(C)Oc1cc(F)ccc1NC(=O)NCCC(=O)O. The number of anilines is 1. The second kappa shape index (κ2) is 7.32. The summed E-state index contributed by atoms with van der Waals surface area (Å²) in [5, 5.41) is 13.3. The third kappa shape index (κ3) is 5.55. The second-order valence-corrected chi connectivity index (χ2v) is 4.33. The molecule has 3 N–H and O–H groups in total. The monoisotopic (exact) mass is 284 g/mol. The van der Waals surface area contributed by atoms with Crippen molar-refractivity contribution in [3.05, 3.63) is 24.0 Å². The molecule has 0 aromatic heterocycles. The lowest BCUT2D eigenvalue weighted by molar-refractivity contribution is -0.136. The number of halogens is 1. The molecule has 1 aromatic carbocycles. The van der Waals surface area contributed by atoms with Gasteiger partial charge in [0.25, 0.3) is 0 Å². The number of ether oxygens (including phenoxy) is 1. The second-order valence-electron chi connectivity index (χ2n) is 4.33. The summed E-state index contributed by atoms with van der Waals surface area (Å²) in [6, 6.07) is 3.17. The average Bonchev–Trinajstić information content (AvgIpc) is 2.31. The summed E-state index contributed by atoms with van der Waals surface area (Å²) in [5.41, 5.74) is 0.313. The van der Waals surface area contributed by atoms with Crippen molar-refractivity contribution in [1.82, 2.24) is 5.32 Å². The molecule has 0 aliphatic rings. The van der Waals surface area contributed by atoms with Crippen LogP contribution < -0.4 is 15.4 Å². The van der Waals surface area contributed by atoms with Crippen molar-refractivity contribution in [2.75, 3.05) is 11.9 Å². The minimum absolute atomic E-state index is 0.00271. The van der Waals surface area contributed by atoms with Crippen LogP contribution in [0.2, 0.25) is 0 Å². The molecule has 0 bridgehead atoms. The van der Waals surface area contributed by atoms with Crippen molar-refractivity contribution >= 4 is 17.7 Å². The molecule has 110 valence electrons. The molecule has 0 heterocycles. The maximum Gasteiger partial charge on any atom is 0.319 e. The highest BCUT2D eigenvalue weighted by Crippen LogP contribution is 2.26. The van der Waals surface area contributed by atoms with Gasteiger partial charge in [-0.1, -0.05) is 0 Å². The predicted molar refractivity (Wildman–Crippen MR) is 71.4 cm³/mol. The van der Waals surface area contributed by atoms with Crippen LogP contribution in [0.1, 0.15) is 20.3 Å². The van der Waals surface area contributed by atoms with E-state index in [1.807, 2.05) is 0 Å². The maximum absolute atomic E-state index is 13.2. The Hall–Kier alpha value is -2.31. The molecular formula is C13H17FN2O4. The summed E-state index contributed by atoms with van der Waals surface area (Å²) in [6.07, 6.45) is -0.348. The topological polar surface area (TPSA) is 87.7 Å². The number of urea groups is 1. The molecule has 0 atom stereocenters. The number of carboxylic acids is 1. The van der Waals surface area contributed by atoms with Crippen LogP contribution in [-0.2, 0) is 4.79 Å². The molecule has 0 fully saturated rings. The highest BCUT2D eigenvalue weighted by Gasteiger charge is 2.10. The Balaban J connectivity index is 2.66. The number of rotatable bonds is 6. The first kappa shape index (κ1) is 15.7. The van der Waals surface area contributed by atoms with Crippen LogP contribution in [0.15, 0.2) is 18.2 Å². The molecule has 20 heavy (non-hydrogen) atoms. The van der Waals surface area contributed by atoms with E-state index in [1.165, 1.54) is 18.2 Å². The van der Waals surface area contributed by atoms with Crippen LogP contribution in [-0.4, -0.2) is 29.8 Å². The fourth-order valence-corrected chi connectivity index (χ4v) is 1.40. The maximum atomic E-state index is 13.2. The molecule has 0 saturated heterocycles. The van der Waals surface area contributed by atoms with Gasteiger partial charge in [0.05, 0.1) is 18.2 Å². The number of aliphatic carboxylic acids is 1. The van der Waals surface area contributed by atoms with Crippen molar-refractivity contribution in [3.63, 3.8) is 0 Å². The lowest BCUT2D eigenvalue weighted by Crippen LogP contribution is -2.30. The molecule has 1 aromatic rings. The third-order valence-corrected chi connectivity index (χ3v) is 2.18. The van der Waals surface area contributed by atoms with E-state index in [0.717, 1.165) is 0 Å². The fraction of sp³-hybridized carbons (Fsp3) is 0.385. The van der Waals surface area contributed by atoms with Crippen molar-refractivity contribution in [2.24, 2.45) is 0 Å². The number of amides is 2. The summed E-state index contributed by atoms with van der Waals surface area (Å²) < 4.78 is 18.5. The number of carbonyl (C=O) groups excluding carboxylic acids is 1. The fourth-order valence-electron chi connectivity index (χ4n) is 1.40. The number of carbonyl (C=O) groups is 2. The smallest absolute Gasteiger partial charge is 0.319 e. The van der Waals surface area contributed by atoms with Gasteiger partial charge in [-0.2, -0.15) is 0 Å². The summed E-state index contributed by atoms with van der Waals surface area (Å²) in [7, 11) is 0. The molecule has 1 rings (SSSR count). The van der Waals surface area contributed by atoms with Crippen LogP contribution in [0.3, 0.4) is 0 Å². The molecule has 2 amide bonds. The number of hydrogen-bond acceptors (Lipinski definition) is 3. The van der Waals surface area contributed by atoms with Gasteiger partial charge in [0.2, 0.25) is 0 Å². The van der Waals surface area contributed by atoms with Crippen LogP contribution in [0.4, 0.5) is 14.9 Å². The van der Waals surface area contributed by atoms with Crippen molar-refractivity contribution < 1.29 is 23.8 Å². The number of benzene rings is 1. The van der Waals surface area contributed by atoms with E-state index in [2.05, 4.69) is 10.6 Å². The quantitative estimate of drug-likeness (QED) is 0.747. The van der Waals surface area contributed by atoms with Crippen LogP contribution in [0.25, 0.3) is 0 Å². The van der Waals surface area contributed by atoms with E-state index in [1.54, 1.807) is 13.8 Å². The Bertz CT molecular complexity index is 491. The molecule has 0 radical (unpaired) electrons. The highest BCUT2D eigenvalue weighted by atomic mass is 19.1. The van der Waals surface area contributed by atoms with Gasteiger partial charge in [0.1, 0.15) is 11.6 Å². The molecule has 0 aliphatic heterocycles. The van der Waals surface area contributed by atoms with Crippen molar-refractivity contribution in [1.29, 1.82) is 0 Å². The number of nitrogens with one attached hydrogen (secondary N) is 2. The molecule has 0 unspecified atom stereocenters. The first-order chi connectivity index (χ1) is 9.38. The van der Waals surface area contributed by atoms with Gasteiger partial charge in [0.15, 0.2) is 0 Å². The van der Waals surface area contributed by atoms with Gasteiger partial charge in [-0.15, -0.1) is 0 Å². The van der Waals surface area contributed by atoms with Crippen molar-refractivity contribution in [3.8, 4) is 5.75 Å². The first-order valence-electron chi connectivity index (χ1n) is 6.11. The minimum atomic E-state index is -1.00. The molecule has 0 aliphatic carbocycles. The van der Waals surface area contributed by atoms with Crippen LogP contribution >= 0.6 is 0 Å². The molecule has 0 saturated carbocycles. The zero-order valence-electron chi connectivity index (χ0n) is 11.3. The van der Waals surface area contributed by atoms with E-state index in [0.29, 0.717) is 5.69 Å². The summed E-state index contributed by atoms with van der Waals surface area (Å²) in [5.74, 6) is -1.26. The molecule has 7 heteroatoms. The Morgan fingerprint density at radius 3 is 2.70 bits per heavy atom. The summed E-state index contributed by atoms with van der Waals surface area (Å²) in [6.45, 7) is 3.56. The molecule has 0 spiro atoms. The Labute approximate surface area is 115 Å². The molecule has 6 nitrogen and oxygen atoms in total. The Kier molecular flexibility index (Phi) is 5.76. The van der Waals surface area contributed by atoms with Crippen LogP contribution in [0, 0.1) is 5.82 Å². The number of carboxylic acid groups (broad SMARTS) is 1. The largest absolute Gasteiger partial charge is 0.489 e. The Morgan fingerprint density at radius 1 is 1.40 bits per heavy atom.